The third-order valence-electron chi connectivity index (χ3n) is 3.24. The Morgan fingerprint density at radius 3 is 2.42 bits per heavy atom. The van der Waals surface area contributed by atoms with Crippen molar-refractivity contribution in [2.75, 3.05) is 13.2 Å². The van der Waals surface area contributed by atoms with E-state index in [1.807, 2.05) is 0 Å². The maximum Gasteiger partial charge on any atom is 0.425 e. The van der Waals surface area contributed by atoms with Crippen molar-refractivity contribution in [2.45, 2.75) is 44.3 Å². The summed E-state index contributed by atoms with van der Waals surface area (Å²) in [5.41, 5.74) is -0.0703. The molecule has 24 heavy (non-hydrogen) atoms. The van der Waals surface area contributed by atoms with Gasteiger partial charge < -0.3 is 14.6 Å². The molecule has 1 N–H and O–H groups in total. The second-order valence-corrected chi connectivity index (χ2v) is 5.11. The lowest BCUT2D eigenvalue weighted by atomic mass is 10.1. The van der Waals surface area contributed by atoms with Gasteiger partial charge in [-0.1, -0.05) is 18.2 Å². The zero-order valence-electron chi connectivity index (χ0n) is 13.1. The van der Waals surface area contributed by atoms with E-state index in [1.54, 1.807) is 13.0 Å². The molecule has 3 unspecified atom stereocenters. The zero-order chi connectivity index (χ0) is 18.2. The number of halogens is 4. The van der Waals surface area contributed by atoms with E-state index in [9.17, 15) is 27.5 Å². The summed E-state index contributed by atoms with van der Waals surface area (Å²) in [6.45, 7) is 2.07. The van der Waals surface area contributed by atoms with E-state index in [0.29, 0.717) is 6.61 Å². The number of aliphatic hydroxyl groups excluding tert-OH is 1. The van der Waals surface area contributed by atoms with Gasteiger partial charge in [0.1, 0.15) is 6.17 Å². The third kappa shape index (κ3) is 6.84. The Labute approximate surface area is 137 Å². The lowest BCUT2D eigenvalue weighted by molar-refractivity contribution is -0.211. The van der Waals surface area contributed by atoms with E-state index in [4.69, 9.17) is 4.74 Å². The predicted octanol–water partition coefficient (Wildman–Crippen LogP) is 3.29. The molecule has 0 heterocycles. The van der Waals surface area contributed by atoms with Gasteiger partial charge in [-0.25, -0.2) is 9.18 Å². The van der Waals surface area contributed by atoms with Gasteiger partial charge in [0.25, 0.3) is 0 Å². The summed E-state index contributed by atoms with van der Waals surface area (Å²) in [6, 6.07) is 7.10. The Morgan fingerprint density at radius 2 is 1.88 bits per heavy atom. The fraction of sp³-hybridized carbons (Fsp3) is 0.562. The molecule has 3 atom stereocenters. The van der Waals surface area contributed by atoms with Gasteiger partial charge in [-0.05, 0) is 25.5 Å². The first-order valence-corrected chi connectivity index (χ1v) is 7.48. The summed E-state index contributed by atoms with van der Waals surface area (Å²) < 4.78 is 62.1. The minimum atomic E-state index is -4.94. The second-order valence-electron chi connectivity index (χ2n) is 5.11. The summed E-state index contributed by atoms with van der Waals surface area (Å²) in [7, 11) is 0. The molecule has 0 aliphatic carbocycles. The van der Waals surface area contributed by atoms with E-state index >= 15 is 0 Å². The Hall–Kier alpha value is -1.67. The molecule has 0 fully saturated rings. The number of carbonyl (C=O) groups excluding carboxylic acids is 1. The molecular weight excluding hydrogens is 332 g/mol. The summed E-state index contributed by atoms with van der Waals surface area (Å²) in [5, 5.41) is 9.55. The molecule has 0 saturated heterocycles. The second kappa shape index (κ2) is 9.58. The van der Waals surface area contributed by atoms with Crippen LogP contribution >= 0.6 is 0 Å². The van der Waals surface area contributed by atoms with Crippen molar-refractivity contribution in [3.8, 4) is 0 Å². The fourth-order valence-electron chi connectivity index (χ4n) is 1.91. The summed E-state index contributed by atoms with van der Waals surface area (Å²) in [4.78, 5) is 11.7. The number of esters is 1. The molecule has 0 aliphatic heterocycles. The zero-order valence-corrected chi connectivity index (χ0v) is 13.1. The standard InChI is InChI=1S/C16H20F4O4/c1-2-23-9-8-13(21)12(17)10-14(16(18,19)20)24-15(22)11-6-4-3-5-7-11/h3-7,12-14,21H,2,8-10H2,1H3. The highest BCUT2D eigenvalue weighted by atomic mass is 19.4. The van der Waals surface area contributed by atoms with Crippen LogP contribution in [0.4, 0.5) is 17.6 Å². The van der Waals surface area contributed by atoms with Crippen LogP contribution in [-0.4, -0.2) is 48.8 Å². The first-order valence-electron chi connectivity index (χ1n) is 7.48. The van der Waals surface area contributed by atoms with Gasteiger partial charge in [0.2, 0.25) is 6.10 Å². The monoisotopic (exact) mass is 352 g/mol. The van der Waals surface area contributed by atoms with Crippen LogP contribution in [0.3, 0.4) is 0 Å². The smallest absolute Gasteiger partial charge is 0.425 e. The van der Waals surface area contributed by atoms with E-state index in [2.05, 4.69) is 4.74 Å². The normalized spacial score (nSPS) is 15.6. The first-order chi connectivity index (χ1) is 11.3. The average Bonchev–Trinajstić information content (AvgIpc) is 2.54. The van der Waals surface area contributed by atoms with Crippen LogP contribution in [0.2, 0.25) is 0 Å². The van der Waals surface area contributed by atoms with E-state index in [-0.39, 0.29) is 18.6 Å². The van der Waals surface area contributed by atoms with Crippen LogP contribution in [-0.2, 0) is 9.47 Å². The molecule has 8 heteroatoms. The highest BCUT2D eigenvalue weighted by molar-refractivity contribution is 5.89. The number of aliphatic hydroxyl groups is 1. The molecule has 0 aliphatic rings. The van der Waals surface area contributed by atoms with Crippen LogP contribution in [0.1, 0.15) is 30.1 Å². The average molecular weight is 352 g/mol. The topological polar surface area (TPSA) is 55.8 Å². The molecule has 0 bridgehead atoms. The van der Waals surface area contributed by atoms with Crippen molar-refractivity contribution in [2.24, 2.45) is 0 Å². The van der Waals surface area contributed by atoms with Crippen molar-refractivity contribution in [1.29, 1.82) is 0 Å². The molecule has 136 valence electrons. The summed E-state index contributed by atoms with van der Waals surface area (Å²) in [5.74, 6) is -1.20. The molecule has 1 rings (SSSR count). The van der Waals surface area contributed by atoms with Gasteiger partial charge in [0, 0.05) is 19.6 Å². The van der Waals surface area contributed by atoms with Crippen LogP contribution in [0.5, 0.6) is 0 Å². The highest BCUT2D eigenvalue weighted by Gasteiger charge is 2.45. The molecule has 0 amide bonds. The molecular formula is C16H20F4O4. The number of alkyl halides is 4. The largest absolute Gasteiger partial charge is 0.449 e. The number of ether oxygens (including phenoxy) is 2. The number of hydrogen-bond donors (Lipinski definition) is 1. The lowest BCUT2D eigenvalue weighted by Crippen LogP contribution is -2.39. The highest BCUT2D eigenvalue weighted by Crippen LogP contribution is 2.29. The van der Waals surface area contributed by atoms with Crippen LogP contribution in [0, 0.1) is 0 Å². The number of rotatable bonds is 9. The molecule has 4 nitrogen and oxygen atoms in total. The maximum absolute atomic E-state index is 13.9. The van der Waals surface area contributed by atoms with Gasteiger partial charge in [-0.2, -0.15) is 13.2 Å². The Balaban J connectivity index is 2.67. The predicted molar refractivity (Wildman–Crippen MR) is 78.3 cm³/mol. The van der Waals surface area contributed by atoms with E-state index in [0.717, 1.165) is 0 Å². The van der Waals surface area contributed by atoms with Gasteiger partial charge in [-0.3, -0.25) is 0 Å². The SMILES string of the molecule is CCOCCC(O)C(F)CC(OC(=O)c1ccccc1)C(F)(F)F. The minimum Gasteiger partial charge on any atom is -0.449 e. The van der Waals surface area contributed by atoms with Crippen LogP contribution in [0.25, 0.3) is 0 Å². The molecule has 1 aromatic rings. The Bertz CT molecular complexity index is 493. The van der Waals surface area contributed by atoms with Crippen molar-refractivity contribution < 1.29 is 36.9 Å². The van der Waals surface area contributed by atoms with E-state index < -0.39 is 36.9 Å². The quantitative estimate of drug-likeness (QED) is 0.421. The lowest BCUT2D eigenvalue weighted by Gasteiger charge is -2.24. The Morgan fingerprint density at radius 1 is 1.25 bits per heavy atom. The first kappa shape index (κ1) is 20.4. The fourth-order valence-corrected chi connectivity index (χ4v) is 1.91. The summed E-state index contributed by atoms with van der Waals surface area (Å²) in [6.07, 6.45) is -12.7. The number of hydrogen-bond acceptors (Lipinski definition) is 4. The van der Waals surface area contributed by atoms with Gasteiger partial charge in [0.05, 0.1) is 11.7 Å². The third-order valence-corrected chi connectivity index (χ3v) is 3.24. The maximum atomic E-state index is 13.9. The minimum absolute atomic E-state index is 0.0264. The van der Waals surface area contributed by atoms with Gasteiger partial charge in [0.15, 0.2) is 0 Å². The van der Waals surface area contributed by atoms with Crippen LogP contribution in [0.15, 0.2) is 30.3 Å². The Kier molecular flexibility index (Phi) is 8.14. The molecule has 0 spiro atoms. The van der Waals surface area contributed by atoms with Crippen molar-refractivity contribution >= 4 is 5.97 Å². The van der Waals surface area contributed by atoms with Gasteiger partial charge in [-0.15, -0.1) is 0 Å². The molecule has 0 saturated carbocycles. The van der Waals surface area contributed by atoms with Gasteiger partial charge >= 0.3 is 12.1 Å². The van der Waals surface area contributed by atoms with Crippen molar-refractivity contribution in [1.82, 2.24) is 0 Å². The van der Waals surface area contributed by atoms with E-state index in [1.165, 1.54) is 24.3 Å². The van der Waals surface area contributed by atoms with Crippen molar-refractivity contribution in [3.05, 3.63) is 35.9 Å². The number of carbonyl (C=O) groups is 1. The number of benzene rings is 1. The van der Waals surface area contributed by atoms with Crippen molar-refractivity contribution in [3.63, 3.8) is 0 Å². The molecule has 0 radical (unpaired) electrons. The summed E-state index contributed by atoms with van der Waals surface area (Å²) >= 11 is 0. The molecule has 1 aromatic carbocycles. The van der Waals surface area contributed by atoms with Crippen LogP contribution < -0.4 is 0 Å². The molecule has 0 aromatic heterocycles.